The van der Waals surface area contributed by atoms with Crippen molar-refractivity contribution in [1.82, 2.24) is 4.98 Å². The summed E-state index contributed by atoms with van der Waals surface area (Å²) in [6.07, 6.45) is 0. The zero-order chi connectivity index (χ0) is 14.0. The van der Waals surface area contributed by atoms with E-state index >= 15 is 0 Å². The molecule has 0 amide bonds. The van der Waals surface area contributed by atoms with E-state index in [1.807, 2.05) is 6.92 Å². The smallest absolute Gasteiger partial charge is 0.261 e. The number of sulfonamides is 1. The first-order valence-electron chi connectivity index (χ1n) is 5.61. The fourth-order valence-electron chi connectivity index (χ4n) is 1.61. The van der Waals surface area contributed by atoms with Crippen molar-refractivity contribution in [2.45, 2.75) is 18.7 Å². The predicted octanol–water partition coefficient (Wildman–Crippen LogP) is 2.64. The second kappa shape index (κ2) is 4.97. The van der Waals surface area contributed by atoms with Crippen LogP contribution in [0.2, 0.25) is 0 Å². The molecule has 2 aromatic rings. The molecule has 19 heavy (non-hydrogen) atoms. The van der Waals surface area contributed by atoms with Crippen molar-refractivity contribution in [3.63, 3.8) is 0 Å². The summed E-state index contributed by atoms with van der Waals surface area (Å²) in [6.45, 7) is 3.54. The number of halogens is 1. The Balaban J connectivity index is 2.33. The molecule has 0 bridgehead atoms. The van der Waals surface area contributed by atoms with E-state index in [-0.39, 0.29) is 4.90 Å². The SMILES string of the molecule is Cc1ccc(NS(=O)(=O)c2ccc(F)cc2)c(C)n1. The lowest BCUT2D eigenvalue weighted by molar-refractivity contribution is 0.599. The molecule has 0 aliphatic heterocycles. The Labute approximate surface area is 111 Å². The van der Waals surface area contributed by atoms with Gasteiger partial charge in [0.05, 0.1) is 16.3 Å². The summed E-state index contributed by atoms with van der Waals surface area (Å²) in [7, 11) is -3.72. The van der Waals surface area contributed by atoms with Crippen LogP contribution in [-0.4, -0.2) is 13.4 Å². The molecule has 6 heteroatoms. The second-order valence-electron chi connectivity index (χ2n) is 4.15. The molecular formula is C13H13FN2O2S. The fraction of sp³-hybridized carbons (Fsp3) is 0.154. The summed E-state index contributed by atoms with van der Waals surface area (Å²) in [5.74, 6) is -0.480. The molecule has 0 aliphatic carbocycles. The molecule has 1 aromatic carbocycles. The summed E-state index contributed by atoms with van der Waals surface area (Å²) < 4.78 is 39.4. The summed E-state index contributed by atoms with van der Waals surface area (Å²) in [4.78, 5) is 4.19. The maximum Gasteiger partial charge on any atom is 0.261 e. The molecule has 100 valence electrons. The highest BCUT2D eigenvalue weighted by atomic mass is 32.2. The van der Waals surface area contributed by atoms with Crippen LogP contribution in [0.25, 0.3) is 0 Å². The second-order valence-corrected chi connectivity index (χ2v) is 5.83. The van der Waals surface area contributed by atoms with Crippen molar-refractivity contribution in [2.75, 3.05) is 4.72 Å². The summed E-state index contributed by atoms with van der Waals surface area (Å²) in [5.41, 5.74) is 1.81. The Bertz CT molecular complexity index is 697. The Morgan fingerprint density at radius 1 is 1.05 bits per heavy atom. The van der Waals surface area contributed by atoms with Gasteiger partial charge >= 0.3 is 0 Å². The molecule has 0 atom stereocenters. The number of nitrogens with zero attached hydrogens (tertiary/aromatic N) is 1. The lowest BCUT2D eigenvalue weighted by Crippen LogP contribution is -2.14. The third-order valence-corrected chi connectivity index (χ3v) is 3.97. The number of rotatable bonds is 3. The minimum atomic E-state index is -3.72. The minimum absolute atomic E-state index is 0.00822. The van der Waals surface area contributed by atoms with E-state index in [0.29, 0.717) is 11.4 Å². The van der Waals surface area contributed by atoms with E-state index in [1.165, 1.54) is 12.1 Å². The zero-order valence-corrected chi connectivity index (χ0v) is 11.3. The Morgan fingerprint density at radius 3 is 2.26 bits per heavy atom. The maximum absolute atomic E-state index is 12.8. The van der Waals surface area contributed by atoms with Crippen LogP contribution in [0.1, 0.15) is 11.4 Å². The van der Waals surface area contributed by atoms with Gasteiger partial charge in [0.25, 0.3) is 10.0 Å². The lowest BCUT2D eigenvalue weighted by atomic mass is 10.3. The molecule has 0 saturated carbocycles. The van der Waals surface area contributed by atoms with E-state index in [9.17, 15) is 12.8 Å². The van der Waals surface area contributed by atoms with Gasteiger partial charge in [0.1, 0.15) is 5.82 Å². The van der Waals surface area contributed by atoms with Gasteiger partial charge in [-0.15, -0.1) is 0 Å². The van der Waals surface area contributed by atoms with Crippen LogP contribution in [-0.2, 0) is 10.0 Å². The van der Waals surface area contributed by atoms with Crippen LogP contribution < -0.4 is 4.72 Å². The number of pyridine rings is 1. The highest BCUT2D eigenvalue weighted by Crippen LogP contribution is 2.18. The molecule has 4 nitrogen and oxygen atoms in total. The summed E-state index contributed by atoms with van der Waals surface area (Å²) >= 11 is 0. The number of hydrogen-bond donors (Lipinski definition) is 1. The molecule has 0 saturated heterocycles. The van der Waals surface area contributed by atoms with Gasteiger partial charge in [0.15, 0.2) is 0 Å². The van der Waals surface area contributed by atoms with Gasteiger partial charge in [0.2, 0.25) is 0 Å². The number of hydrogen-bond acceptors (Lipinski definition) is 3. The maximum atomic E-state index is 12.8. The first-order valence-corrected chi connectivity index (χ1v) is 7.09. The van der Waals surface area contributed by atoms with E-state index in [4.69, 9.17) is 0 Å². The Hall–Kier alpha value is -1.95. The average Bonchev–Trinajstić information content (AvgIpc) is 2.33. The highest BCUT2D eigenvalue weighted by molar-refractivity contribution is 7.92. The van der Waals surface area contributed by atoms with Gasteiger partial charge in [0, 0.05) is 5.69 Å². The predicted molar refractivity (Wildman–Crippen MR) is 70.9 cm³/mol. The van der Waals surface area contributed by atoms with Gasteiger partial charge in [-0.05, 0) is 50.2 Å². The minimum Gasteiger partial charge on any atom is -0.278 e. The van der Waals surface area contributed by atoms with Crippen molar-refractivity contribution in [3.8, 4) is 0 Å². The lowest BCUT2D eigenvalue weighted by Gasteiger charge is -2.10. The van der Waals surface area contributed by atoms with Crippen molar-refractivity contribution >= 4 is 15.7 Å². The summed E-state index contributed by atoms with van der Waals surface area (Å²) in [6, 6.07) is 8.01. The normalized spacial score (nSPS) is 11.3. The van der Waals surface area contributed by atoms with E-state index in [0.717, 1.165) is 17.8 Å². The standard InChI is InChI=1S/C13H13FN2O2S/c1-9-3-8-13(10(2)15-9)16-19(17,18)12-6-4-11(14)5-7-12/h3-8,16H,1-2H3. The molecule has 0 radical (unpaired) electrons. The molecule has 0 aliphatic rings. The molecule has 2 rings (SSSR count). The third kappa shape index (κ3) is 3.08. The monoisotopic (exact) mass is 280 g/mol. The van der Waals surface area contributed by atoms with Gasteiger partial charge < -0.3 is 0 Å². The fourth-order valence-corrected chi connectivity index (χ4v) is 2.73. The van der Waals surface area contributed by atoms with Crippen LogP contribution in [0.15, 0.2) is 41.3 Å². The highest BCUT2D eigenvalue weighted by Gasteiger charge is 2.15. The molecule has 0 fully saturated rings. The third-order valence-electron chi connectivity index (χ3n) is 2.59. The van der Waals surface area contributed by atoms with Crippen LogP contribution in [0, 0.1) is 19.7 Å². The van der Waals surface area contributed by atoms with Gasteiger partial charge in [-0.3, -0.25) is 9.71 Å². The Kier molecular flexibility index (Phi) is 3.53. The van der Waals surface area contributed by atoms with Crippen LogP contribution in [0.4, 0.5) is 10.1 Å². The number of benzene rings is 1. The molecule has 0 unspecified atom stereocenters. The van der Waals surface area contributed by atoms with E-state index < -0.39 is 15.8 Å². The zero-order valence-electron chi connectivity index (χ0n) is 10.5. The molecular weight excluding hydrogens is 267 g/mol. The van der Waals surface area contributed by atoms with Crippen molar-refractivity contribution in [1.29, 1.82) is 0 Å². The summed E-state index contributed by atoms with van der Waals surface area (Å²) in [5, 5.41) is 0. The van der Waals surface area contributed by atoms with Gasteiger partial charge in [-0.1, -0.05) is 0 Å². The molecule has 0 spiro atoms. The molecule has 1 N–H and O–H groups in total. The van der Waals surface area contributed by atoms with Crippen molar-refractivity contribution in [2.24, 2.45) is 0 Å². The van der Waals surface area contributed by atoms with E-state index in [2.05, 4.69) is 9.71 Å². The van der Waals surface area contributed by atoms with Crippen molar-refractivity contribution < 1.29 is 12.8 Å². The number of aryl methyl sites for hydroxylation is 2. The van der Waals surface area contributed by atoms with Gasteiger partial charge in [-0.2, -0.15) is 0 Å². The number of anilines is 1. The first-order chi connectivity index (χ1) is 8.88. The van der Waals surface area contributed by atoms with Crippen molar-refractivity contribution in [3.05, 3.63) is 53.6 Å². The molecule has 1 aromatic heterocycles. The number of nitrogens with one attached hydrogen (secondary N) is 1. The van der Waals surface area contributed by atoms with Gasteiger partial charge in [-0.25, -0.2) is 12.8 Å². The van der Waals surface area contributed by atoms with Crippen LogP contribution in [0.3, 0.4) is 0 Å². The van der Waals surface area contributed by atoms with Crippen LogP contribution >= 0.6 is 0 Å². The largest absolute Gasteiger partial charge is 0.278 e. The topological polar surface area (TPSA) is 59.1 Å². The first kappa shape index (κ1) is 13.5. The number of aromatic nitrogens is 1. The van der Waals surface area contributed by atoms with Crippen LogP contribution in [0.5, 0.6) is 0 Å². The quantitative estimate of drug-likeness (QED) is 0.940. The molecule has 1 heterocycles. The van der Waals surface area contributed by atoms with E-state index in [1.54, 1.807) is 19.1 Å². The average molecular weight is 280 g/mol. The Morgan fingerprint density at radius 2 is 1.68 bits per heavy atom.